The minimum atomic E-state index is -0.686. The third-order valence-corrected chi connectivity index (χ3v) is 5.92. The summed E-state index contributed by atoms with van der Waals surface area (Å²) in [5, 5.41) is 5.43. The van der Waals surface area contributed by atoms with Crippen LogP contribution in [0.1, 0.15) is 29.5 Å². The maximum absolute atomic E-state index is 13.7. The Morgan fingerprint density at radius 1 is 1.13 bits per heavy atom. The number of benzene rings is 2. The molecule has 0 aromatic heterocycles. The van der Waals surface area contributed by atoms with E-state index in [0.717, 1.165) is 34.9 Å². The fourth-order valence-corrected chi connectivity index (χ4v) is 3.95. The number of nitrogens with zero attached hydrogens (tertiary/aromatic N) is 2. The van der Waals surface area contributed by atoms with Crippen molar-refractivity contribution >= 4 is 23.2 Å². The molecular formula is C23H24F2N4O2. The molecule has 0 atom stereocenters. The van der Waals surface area contributed by atoms with Crippen LogP contribution < -0.4 is 10.6 Å². The maximum atomic E-state index is 13.7. The first-order chi connectivity index (χ1) is 14.7. The van der Waals surface area contributed by atoms with Crippen molar-refractivity contribution in [1.29, 1.82) is 0 Å². The van der Waals surface area contributed by atoms with E-state index in [1.54, 1.807) is 0 Å². The highest BCUT2D eigenvalue weighted by molar-refractivity contribution is 6.46. The molecule has 0 aliphatic carbocycles. The minimum absolute atomic E-state index is 0.0493. The molecule has 31 heavy (non-hydrogen) atoms. The first-order valence-corrected chi connectivity index (χ1v) is 10.2. The molecule has 2 heterocycles. The summed E-state index contributed by atoms with van der Waals surface area (Å²) in [6.07, 6.45) is 1.13. The van der Waals surface area contributed by atoms with Crippen LogP contribution >= 0.6 is 0 Å². The molecule has 6 nitrogen and oxygen atoms in total. The zero-order valence-corrected chi connectivity index (χ0v) is 17.5. The number of nitrogens with one attached hydrogen (secondary N) is 2. The van der Waals surface area contributed by atoms with Gasteiger partial charge in [-0.15, -0.1) is 0 Å². The quantitative estimate of drug-likeness (QED) is 0.790. The Morgan fingerprint density at radius 2 is 1.87 bits per heavy atom. The number of hydrogen-bond donors (Lipinski definition) is 2. The Labute approximate surface area is 179 Å². The fourth-order valence-electron chi connectivity index (χ4n) is 3.95. The summed E-state index contributed by atoms with van der Waals surface area (Å²) in [6, 6.07) is 8.79. The number of hydrogen-bond acceptors (Lipinski definition) is 4. The van der Waals surface area contributed by atoms with Gasteiger partial charge in [0.2, 0.25) is 5.91 Å². The van der Waals surface area contributed by atoms with E-state index in [-0.39, 0.29) is 18.1 Å². The Balaban J connectivity index is 1.38. The van der Waals surface area contributed by atoms with Crippen molar-refractivity contribution in [3.63, 3.8) is 0 Å². The van der Waals surface area contributed by atoms with E-state index in [4.69, 9.17) is 4.99 Å². The number of rotatable bonds is 4. The van der Waals surface area contributed by atoms with Crippen molar-refractivity contribution in [3.05, 3.63) is 64.7 Å². The third kappa shape index (κ3) is 4.49. The first kappa shape index (κ1) is 21.1. The summed E-state index contributed by atoms with van der Waals surface area (Å²) in [7, 11) is 0. The normalized spacial score (nSPS) is 18.1. The number of carbonyl (C=O) groups is 2. The van der Waals surface area contributed by atoms with Crippen molar-refractivity contribution in [2.24, 2.45) is 4.99 Å². The maximum Gasteiger partial charge on any atom is 0.272 e. The van der Waals surface area contributed by atoms with E-state index in [0.29, 0.717) is 31.6 Å². The Kier molecular flexibility index (Phi) is 5.58. The van der Waals surface area contributed by atoms with Gasteiger partial charge in [0.05, 0.1) is 12.2 Å². The average molecular weight is 426 g/mol. The molecule has 2 aromatic rings. The molecular weight excluding hydrogens is 402 g/mol. The van der Waals surface area contributed by atoms with Crippen LogP contribution in [-0.4, -0.2) is 47.7 Å². The fraction of sp³-hybridized carbons (Fsp3) is 0.348. The molecule has 0 radical (unpaired) electrons. The van der Waals surface area contributed by atoms with Crippen LogP contribution in [0, 0.1) is 25.5 Å². The largest absolute Gasteiger partial charge is 0.326 e. The first-order valence-electron chi connectivity index (χ1n) is 10.2. The number of halogens is 2. The molecule has 1 saturated heterocycles. The second kappa shape index (κ2) is 8.19. The van der Waals surface area contributed by atoms with Crippen LogP contribution in [0.4, 0.5) is 14.5 Å². The highest BCUT2D eigenvalue weighted by Gasteiger charge is 2.42. The van der Waals surface area contributed by atoms with Crippen LogP contribution in [-0.2, 0) is 9.59 Å². The summed E-state index contributed by atoms with van der Waals surface area (Å²) < 4.78 is 27.0. The zero-order valence-electron chi connectivity index (χ0n) is 17.5. The molecule has 0 saturated carbocycles. The predicted octanol–water partition coefficient (Wildman–Crippen LogP) is 2.93. The highest BCUT2D eigenvalue weighted by atomic mass is 19.1. The van der Waals surface area contributed by atoms with E-state index in [1.807, 2.05) is 36.9 Å². The second-order valence-corrected chi connectivity index (χ2v) is 8.19. The van der Waals surface area contributed by atoms with Crippen LogP contribution in [0.15, 0.2) is 41.4 Å². The lowest BCUT2D eigenvalue weighted by molar-refractivity contribution is -0.119. The number of likely N-dealkylation sites (tertiary alicyclic amines) is 1. The van der Waals surface area contributed by atoms with Crippen molar-refractivity contribution in [1.82, 2.24) is 10.2 Å². The van der Waals surface area contributed by atoms with E-state index in [2.05, 4.69) is 10.6 Å². The van der Waals surface area contributed by atoms with Gasteiger partial charge in [0.25, 0.3) is 5.91 Å². The Hall–Kier alpha value is -3.13. The van der Waals surface area contributed by atoms with Gasteiger partial charge in [0.15, 0.2) is 0 Å². The molecule has 4 rings (SSSR count). The average Bonchev–Trinajstić information content (AvgIpc) is 3.05. The Morgan fingerprint density at radius 3 is 2.58 bits per heavy atom. The van der Waals surface area contributed by atoms with Crippen LogP contribution in [0.2, 0.25) is 0 Å². The lowest BCUT2D eigenvalue weighted by Crippen LogP contribution is -2.52. The summed E-state index contributed by atoms with van der Waals surface area (Å²) in [4.78, 5) is 31.5. The number of amides is 2. The van der Waals surface area contributed by atoms with Crippen molar-refractivity contribution in [2.45, 2.75) is 32.4 Å². The smallest absolute Gasteiger partial charge is 0.272 e. The van der Waals surface area contributed by atoms with Gasteiger partial charge >= 0.3 is 0 Å². The minimum Gasteiger partial charge on any atom is -0.326 e. The predicted molar refractivity (Wildman–Crippen MR) is 114 cm³/mol. The SMILES string of the molecule is Cc1ccc(C2=NC3(CCN(CC(=O)Nc4cc(F)ccc4F)CC3)NC2=O)cc1C. The molecule has 8 heteroatoms. The molecule has 2 aromatic carbocycles. The van der Waals surface area contributed by atoms with Gasteiger partial charge in [-0.1, -0.05) is 12.1 Å². The van der Waals surface area contributed by atoms with Gasteiger partial charge in [-0.05, 0) is 43.2 Å². The van der Waals surface area contributed by atoms with E-state index in [1.165, 1.54) is 0 Å². The van der Waals surface area contributed by atoms with E-state index >= 15 is 0 Å². The van der Waals surface area contributed by atoms with Crippen LogP contribution in [0.5, 0.6) is 0 Å². The van der Waals surface area contributed by atoms with Gasteiger partial charge in [-0.3, -0.25) is 19.5 Å². The summed E-state index contributed by atoms with van der Waals surface area (Å²) >= 11 is 0. The van der Waals surface area contributed by atoms with Gasteiger partial charge in [0.1, 0.15) is 23.0 Å². The molecule has 0 unspecified atom stereocenters. The topological polar surface area (TPSA) is 73.8 Å². The van der Waals surface area contributed by atoms with Gasteiger partial charge in [-0.2, -0.15) is 0 Å². The lowest BCUT2D eigenvalue weighted by Gasteiger charge is -2.36. The Bertz CT molecular complexity index is 1080. The molecule has 0 bridgehead atoms. The zero-order chi connectivity index (χ0) is 22.2. The van der Waals surface area contributed by atoms with Gasteiger partial charge < -0.3 is 10.6 Å². The van der Waals surface area contributed by atoms with Gasteiger partial charge in [0, 0.05) is 37.6 Å². The molecule has 1 fully saturated rings. The number of carbonyl (C=O) groups excluding carboxylic acids is 2. The number of aryl methyl sites for hydroxylation is 2. The van der Waals surface area contributed by atoms with Gasteiger partial charge in [-0.25, -0.2) is 8.78 Å². The lowest BCUT2D eigenvalue weighted by atomic mass is 9.98. The number of aliphatic imine (C=N–C) groups is 1. The van der Waals surface area contributed by atoms with Crippen molar-refractivity contribution < 1.29 is 18.4 Å². The highest BCUT2D eigenvalue weighted by Crippen LogP contribution is 2.29. The monoisotopic (exact) mass is 426 g/mol. The van der Waals surface area contributed by atoms with E-state index in [9.17, 15) is 18.4 Å². The number of piperidine rings is 1. The van der Waals surface area contributed by atoms with Crippen molar-refractivity contribution in [3.8, 4) is 0 Å². The van der Waals surface area contributed by atoms with Crippen LogP contribution in [0.3, 0.4) is 0 Å². The summed E-state index contributed by atoms with van der Waals surface area (Å²) in [5.74, 6) is -1.91. The van der Waals surface area contributed by atoms with Crippen molar-refractivity contribution in [2.75, 3.05) is 25.0 Å². The molecule has 2 N–H and O–H groups in total. The molecule has 2 aliphatic heterocycles. The van der Waals surface area contributed by atoms with E-state index < -0.39 is 23.2 Å². The van der Waals surface area contributed by atoms with Crippen LogP contribution in [0.25, 0.3) is 0 Å². The second-order valence-electron chi connectivity index (χ2n) is 8.19. The molecule has 2 amide bonds. The molecule has 1 spiro atoms. The third-order valence-electron chi connectivity index (χ3n) is 5.92. The number of anilines is 1. The molecule has 2 aliphatic rings. The summed E-state index contributed by atoms with van der Waals surface area (Å²) in [6.45, 7) is 5.16. The summed E-state index contributed by atoms with van der Waals surface area (Å²) in [5.41, 5.74) is 2.66. The molecule has 162 valence electrons. The standard InChI is InChI=1S/C23H24F2N4O2/c1-14-3-4-16(11-15(14)2)21-22(31)28-23(27-21)7-9-29(10-8-23)13-20(30)26-19-12-17(24)5-6-18(19)25/h3-6,11-12H,7-10,13H2,1-2H3,(H,26,30)(H,28,31).